The fourth-order valence-corrected chi connectivity index (χ4v) is 6.62. The normalized spacial score (nSPS) is 35.8. The summed E-state index contributed by atoms with van der Waals surface area (Å²) >= 11 is 0. The third kappa shape index (κ3) is 3.65. The third-order valence-corrected chi connectivity index (χ3v) is 7.80. The first-order chi connectivity index (χ1) is 14.4. The average Bonchev–Trinajstić information content (AvgIpc) is 2.60. The number of ether oxygens (including phenoxy) is 2. The maximum atomic E-state index is 13.5. The second-order valence-corrected chi connectivity index (χ2v) is 10.2. The summed E-state index contributed by atoms with van der Waals surface area (Å²) in [6, 6.07) is 0. The van der Waals surface area contributed by atoms with Crippen molar-refractivity contribution in [2.24, 2.45) is 23.7 Å². The topological polar surface area (TPSA) is 55.8 Å². The first-order valence-corrected chi connectivity index (χ1v) is 10.8. The Morgan fingerprint density at radius 3 is 1.84 bits per heavy atom. The summed E-state index contributed by atoms with van der Waals surface area (Å²) in [7, 11) is 0. The second-order valence-electron chi connectivity index (χ2n) is 10.2. The van der Waals surface area contributed by atoms with Gasteiger partial charge in [-0.15, -0.1) is 0 Å². The maximum Gasteiger partial charge on any atom is 0.428 e. The van der Waals surface area contributed by atoms with E-state index in [9.17, 15) is 36.2 Å². The Hall–Kier alpha value is -1.29. The van der Waals surface area contributed by atoms with Gasteiger partial charge in [-0.25, -0.2) is 4.79 Å². The number of aliphatic hydroxyl groups is 1. The Morgan fingerprint density at radius 1 is 1.00 bits per heavy atom. The summed E-state index contributed by atoms with van der Waals surface area (Å²) in [5, 5.41) is 9.88. The van der Waals surface area contributed by atoms with Crippen LogP contribution in [0.5, 0.6) is 0 Å². The molecule has 10 heteroatoms. The molecule has 0 radical (unpaired) electrons. The van der Waals surface area contributed by atoms with Crippen molar-refractivity contribution in [3.8, 4) is 0 Å². The van der Waals surface area contributed by atoms with Crippen molar-refractivity contribution < 1.29 is 45.7 Å². The van der Waals surface area contributed by atoms with Crippen LogP contribution < -0.4 is 0 Å². The molecular formula is C22H30F6O4. The highest BCUT2D eigenvalue weighted by Gasteiger charge is 2.75. The first-order valence-electron chi connectivity index (χ1n) is 10.8. The fourth-order valence-electron chi connectivity index (χ4n) is 6.62. The van der Waals surface area contributed by atoms with Crippen LogP contribution in [-0.4, -0.2) is 46.3 Å². The van der Waals surface area contributed by atoms with Crippen molar-refractivity contribution in [2.75, 3.05) is 0 Å². The van der Waals surface area contributed by atoms with Crippen LogP contribution in [0.1, 0.15) is 59.8 Å². The molecule has 0 aromatic carbocycles. The lowest BCUT2D eigenvalue weighted by Crippen LogP contribution is -2.71. The molecule has 0 spiro atoms. The van der Waals surface area contributed by atoms with Gasteiger partial charge in [-0.2, -0.15) is 26.3 Å². The monoisotopic (exact) mass is 472 g/mol. The highest BCUT2D eigenvalue weighted by atomic mass is 19.4. The van der Waals surface area contributed by atoms with Crippen molar-refractivity contribution in [3.05, 3.63) is 12.2 Å². The molecule has 1 N–H and O–H groups in total. The number of esters is 1. The molecular weight excluding hydrogens is 442 g/mol. The Balaban J connectivity index is 1.97. The number of hydrogen-bond donors (Lipinski definition) is 1. The van der Waals surface area contributed by atoms with Gasteiger partial charge < -0.3 is 14.6 Å². The van der Waals surface area contributed by atoms with Crippen molar-refractivity contribution in [3.63, 3.8) is 0 Å². The summed E-state index contributed by atoms with van der Waals surface area (Å²) in [5.74, 6) is -1.64. The van der Waals surface area contributed by atoms with Crippen LogP contribution in [0.15, 0.2) is 12.2 Å². The van der Waals surface area contributed by atoms with E-state index >= 15 is 0 Å². The number of halogens is 6. The number of carbonyl (C=O) groups is 1. The molecule has 4 saturated carbocycles. The molecule has 0 aromatic heterocycles. The van der Waals surface area contributed by atoms with Gasteiger partial charge in [0.25, 0.3) is 5.60 Å². The molecule has 4 aliphatic rings. The Morgan fingerprint density at radius 2 is 1.47 bits per heavy atom. The highest BCUT2D eigenvalue weighted by Crippen LogP contribution is 2.65. The summed E-state index contributed by atoms with van der Waals surface area (Å²) in [5.41, 5.74) is -6.90. The zero-order valence-corrected chi connectivity index (χ0v) is 18.6. The number of hydrogen-bond acceptors (Lipinski definition) is 4. The van der Waals surface area contributed by atoms with E-state index < -0.39 is 59.0 Å². The van der Waals surface area contributed by atoms with Crippen LogP contribution in [-0.2, 0) is 14.3 Å². The van der Waals surface area contributed by atoms with Gasteiger partial charge in [-0.3, -0.25) is 0 Å². The summed E-state index contributed by atoms with van der Waals surface area (Å²) in [6.07, 6.45) is -12.2. The maximum absolute atomic E-state index is 13.5. The van der Waals surface area contributed by atoms with E-state index in [1.54, 1.807) is 13.8 Å². The van der Waals surface area contributed by atoms with Crippen LogP contribution in [0.25, 0.3) is 0 Å². The van der Waals surface area contributed by atoms with Gasteiger partial charge in [0.05, 0.1) is 5.60 Å². The Bertz CT molecular complexity index is 741. The third-order valence-electron chi connectivity index (χ3n) is 7.80. The molecule has 3 atom stereocenters. The lowest BCUT2D eigenvalue weighted by molar-refractivity contribution is -0.409. The minimum atomic E-state index is -5.97. The van der Waals surface area contributed by atoms with Gasteiger partial charge in [-0.05, 0) is 69.6 Å². The molecule has 4 aliphatic carbocycles. The van der Waals surface area contributed by atoms with E-state index in [2.05, 4.69) is 6.58 Å². The van der Waals surface area contributed by atoms with Crippen molar-refractivity contribution in [1.82, 2.24) is 0 Å². The van der Waals surface area contributed by atoms with Gasteiger partial charge in [0.15, 0.2) is 0 Å². The Kier molecular flexibility index (Phi) is 6.03. The molecule has 4 nitrogen and oxygen atoms in total. The van der Waals surface area contributed by atoms with Crippen LogP contribution >= 0.6 is 0 Å². The van der Waals surface area contributed by atoms with Crippen LogP contribution in [0.3, 0.4) is 0 Å². The SMILES string of the molecule is C=C(C)C(=O)OC12CC3CC(C1)C(OC(C)C(O)(C(F)(F)F)C(F)(F)F)(C(C)C)C(C3)C2. The molecule has 4 fully saturated rings. The molecule has 32 heavy (non-hydrogen) atoms. The van der Waals surface area contributed by atoms with Crippen molar-refractivity contribution in [1.29, 1.82) is 0 Å². The van der Waals surface area contributed by atoms with Gasteiger partial charge >= 0.3 is 18.3 Å². The average molecular weight is 472 g/mol. The fraction of sp³-hybridized carbons (Fsp3) is 0.864. The van der Waals surface area contributed by atoms with Crippen molar-refractivity contribution >= 4 is 5.97 Å². The molecule has 0 saturated heterocycles. The minimum absolute atomic E-state index is 0.139. The molecule has 4 rings (SSSR count). The molecule has 3 unspecified atom stereocenters. The largest absolute Gasteiger partial charge is 0.456 e. The molecule has 0 aromatic rings. The number of rotatable bonds is 6. The Labute approximate surface area is 183 Å². The molecule has 0 heterocycles. The minimum Gasteiger partial charge on any atom is -0.456 e. The van der Waals surface area contributed by atoms with Gasteiger partial charge in [0.1, 0.15) is 11.7 Å². The highest BCUT2D eigenvalue weighted by molar-refractivity contribution is 5.87. The van der Waals surface area contributed by atoms with E-state index in [4.69, 9.17) is 9.47 Å². The van der Waals surface area contributed by atoms with E-state index in [-0.39, 0.29) is 11.5 Å². The predicted molar refractivity (Wildman–Crippen MR) is 102 cm³/mol. The number of carbonyl (C=O) groups excluding carboxylic acids is 1. The summed E-state index contributed by atoms with van der Waals surface area (Å²) in [6.45, 7) is 9.15. The molecule has 4 bridgehead atoms. The van der Waals surface area contributed by atoms with E-state index in [1.165, 1.54) is 6.92 Å². The zero-order chi connectivity index (χ0) is 24.5. The standard InChI is InChI=1S/C22H30F6O4/c1-11(2)17(29)32-18-8-14-6-15(9-18)19(12(3)4,16(7-14)10-18)31-13(5)20(30,21(23,24)25)22(26,27)28/h12-16,30H,1,6-10H2,2-5H3. The molecule has 0 aliphatic heterocycles. The summed E-state index contributed by atoms with van der Waals surface area (Å²) in [4.78, 5) is 12.2. The van der Waals surface area contributed by atoms with E-state index in [0.29, 0.717) is 39.0 Å². The first kappa shape index (κ1) is 25.3. The van der Waals surface area contributed by atoms with Gasteiger partial charge in [0, 0.05) is 5.57 Å². The lowest BCUT2D eigenvalue weighted by Gasteiger charge is -2.66. The van der Waals surface area contributed by atoms with Crippen LogP contribution in [0, 0.1) is 23.7 Å². The second kappa shape index (κ2) is 7.61. The predicted octanol–water partition coefficient (Wildman–Crippen LogP) is 5.34. The molecule has 0 amide bonds. The lowest BCUT2D eigenvalue weighted by atomic mass is 9.46. The molecule has 184 valence electrons. The van der Waals surface area contributed by atoms with Gasteiger partial charge in [-0.1, -0.05) is 20.4 Å². The summed E-state index contributed by atoms with van der Waals surface area (Å²) < 4.78 is 92.2. The quantitative estimate of drug-likeness (QED) is 0.322. The van der Waals surface area contributed by atoms with Crippen LogP contribution in [0.2, 0.25) is 0 Å². The number of alkyl halides is 6. The zero-order valence-electron chi connectivity index (χ0n) is 18.6. The van der Waals surface area contributed by atoms with Crippen LogP contribution in [0.4, 0.5) is 26.3 Å². The smallest absolute Gasteiger partial charge is 0.428 e. The van der Waals surface area contributed by atoms with E-state index in [1.807, 2.05) is 0 Å². The van der Waals surface area contributed by atoms with Crippen molar-refractivity contribution in [2.45, 2.75) is 95.1 Å². The van der Waals surface area contributed by atoms with Gasteiger partial charge in [0.2, 0.25) is 0 Å². The van der Waals surface area contributed by atoms with E-state index in [0.717, 1.165) is 0 Å².